The topological polar surface area (TPSA) is 66.8 Å². The number of halogens is 1. The molecule has 90 valence electrons. The zero-order valence-electron chi connectivity index (χ0n) is 8.96. The second-order valence-electron chi connectivity index (χ2n) is 3.69. The molecule has 0 bridgehead atoms. The summed E-state index contributed by atoms with van der Waals surface area (Å²) in [5, 5.41) is 9.42. The summed E-state index contributed by atoms with van der Waals surface area (Å²) in [6.07, 6.45) is -1.41. The smallest absolute Gasteiger partial charge is 0.415 e. The third-order valence-electron chi connectivity index (χ3n) is 2.57. The Morgan fingerprint density at radius 3 is 2.71 bits per heavy atom. The molecule has 2 rings (SSSR count). The van der Waals surface area contributed by atoms with Gasteiger partial charge in [0.1, 0.15) is 6.10 Å². The van der Waals surface area contributed by atoms with Gasteiger partial charge in [-0.3, -0.25) is 4.90 Å². The summed E-state index contributed by atoms with van der Waals surface area (Å²) < 4.78 is 4.90. The molecule has 0 aliphatic carbocycles. The maximum Gasteiger partial charge on any atom is 0.415 e. The SMILES string of the molecule is CC1OC(=O)N(c2ccccc2Cl)C1C(=O)O. The molecule has 17 heavy (non-hydrogen) atoms. The number of cyclic esters (lactones) is 1. The summed E-state index contributed by atoms with van der Waals surface area (Å²) in [7, 11) is 0. The number of carbonyl (C=O) groups excluding carboxylic acids is 1. The number of aliphatic carboxylic acids is 1. The van der Waals surface area contributed by atoms with Gasteiger partial charge in [-0.05, 0) is 19.1 Å². The molecule has 0 spiro atoms. The van der Waals surface area contributed by atoms with Gasteiger partial charge in [0.05, 0.1) is 10.7 Å². The molecule has 1 heterocycles. The van der Waals surface area contributed by atoms with Gasteiger partial charge in [-0.25, -0.2) is 9.59 Å². The zero-order valence-corrected chi connectivity index (χ0v) is 9.72. The van der Waals surface area contributed by atoms with Crippen molar-refractivity contribution in [3.8, 4) is 0 Å². The van der Waals surface area contributed by atoms with Gasteiger partial charge in [0.25, 0.3) is 0 Å². The number of carbonyl (C=O) groups is 2. The number of hydrogen-bond acceptors (Lipinski definition) is 3. The largest absolute Gasteiger partial charge is 0.480 e. The molecule has 1 aliphatic heterocycles. The van der Waals surface area contributed by atoms with Crippen LogP contribution in [0.3, 0.4) is 0 Å². The van der Waals surface area contributed by atoms with Crippen molar-refractivity contribution in [3.63, 3.8) is 0 Å². The molecule has 1 fully saturated rings. The Balaban J connectivity index is 2.46. The molecule has 1 aromatic rings. The molecule has 1 aromatic carbocycles. The Hall–Kier alpha value is -1.75. The monoisotopic (exact) mass is 255 g/mol. The van der Waals surface area contributed by atoms with E-state index < -0.39 is 24.2 Å². The van der Waals surface area contributed by atoms with E-state index in [4.69, 9.17) is 21.4 Å². The summed E-state index contributed by atoms with van der Waals surface area (Å²) in [5.74, 6) is -1.12. The van der Waals surface area contributed by atoms with Gasteiger partial charge in [-0.1, -0.05) is 23.7 Å². The maximum absolute atomic E-state index is 11.6. The molecule has 0 aromatic heterocycles. The van der Waals surface area contributed by atoms with Gasteiger partial charge in [-0.2, -0.15) is 0 Å². The summed E-state index contributed by atoms with van der Waals surface area (Å²) in [4.78, 5) is 23.8. The highest BCUT2D eigenvalue weighted by Crippen LogP contribution is 2.32. The molecule has 6 heteroatoms. The molecule has 1 saturated heterocycles. The Bertz CT molecular complexity index is 476. The molecule has 1 amide bonds. The van der Waals surface area contributed by atoms with Crippen LogP contribution in [0.5, 0.6) is 0 Å². The van der Waals surface area contributed by atoms with E-state index in [1.54, 1.807) is 24.3 Å². The fourth-order valence-corrected chi connectivity index (χ4v) is 2.04. The number of ether oxygens (including phenoxy) is 1. The fourth-order valence-electron chi connectivity index (χ4n) is 1.81. The quantitative estimate of drug-likeness (QED) is 0.879. The van der Waals surface area contributed by atoms with Gasteiger partial charge in [-0.15, -0.1) is 0 Å². The first-order chi connectivity index (χ1) is 8.02. The van der Waals surface area contributed by atoms with Crippen molar-refractivity contribution in [2.24, 2.45) is 0 Å². The highest BCUT2D eigenvalue weighted by molar-refractivity contribution is 6.33. The third-order valence-corrected chi connectivity index (χ3v) is 2.89. The van der Waals surface area contributed by atoms with Crippen LogP contribution >= 0.6 is 11.6 Å². The van der Waals surface area contributed by atoms with E-state index in [-0.39, 0.29) is 0 Å². The summed E-state index contributed by atoms with van der Waals surface area (Å²) in [6.45, 7) is 1.54. The van der Waals surface area contributed by atoms with Crippen molar-refractivity contribution >= 4 is 29.4 Å². The fraction of sp³-hybridized carbons (Fsp3) is 0.273. The van der Waals surface area contributed by atoms with Crippen molar-refractivity contribution in [2.45, 2.75) is 19.1 Å². The zero-order chi connectivity index (χ0) is 12.6. The van der Waals surface area contributed by atoms with Crippen LogP contribution in [0.2, 0.25) is 5.02 Å². The number of benzene rings is 1. The number of carboxylic acid groups (broad SMARTS) is 1. The van der Waals surface area contributed by atoms with Crippen LogP contribution < -0.4 is 4.90 Å². The molecular formula is C11H10ClNO4. The Morgan fingerprint density at radius 2 is 2.12 bits per heavy atom. The van der Waals surface area contributed by atoms with Gasteiger partial charge < -0.3 is 9.84 Å². The Labute approximate surface area is 103 Å². The van der Waals surface area contributed by atoms with Gasteiger partial charge in [0.2, 0.25) is 0 Å². The van der Waals surface area contributed by atoms with Gasteiger partial charge in [0.15, 0.2) is 6.04 Å². The normalized spacial score (nSPS) is 23.6. The molecule has 1 N–H and O–H groups in total. The van der Waals surface area contributed by atoms with Crippen LogP contribution in [0.4, 0.5) is 10.5 Å². The van der Waals surface area contributed by atoms with Gasteiger partial charge >= 0.3 is 12.1 Å². The number of carboxylic acids is 1. The first-order valence-corrected chi connectivity index (χ1v) is 5.37. The number of para-hydroxylation sites is 1. The van der Waals surface area contributed by atoms with E-state index in [2.05, 4.69) is 0 Å². The summed E-state index contributed by atoms with van der Waals surface area (Å²) in [5.41, 5.74) is 0.343. The molecule has 5 nitrogen and oxygen atoms in total. The lowest BCUT2D eigenvalue weighted by Gasteiger charge is -2.20. The second kappa shape index (κ2) is 4.25. The van der Waals surface area contributed by atoms with E-state index in [1.165, 1.54) is 6.92 Å². The van der Waals surface area contributed by atoms with E-state index in [9.17, 15) is 9.59 Å². The van der Waals surface area contributed by atoms with Crippen molar-refractivity contribution in [3.05, 3.63) is 29.3 Å². The second-order valence-corrected chi connectivity index (χ2v) is 4.10. The van der Waals surface area contributed by atoms with E-state index in [1.807, 2.05) is 0 Å². The average Bonchev–Trinajstić information content (AvgIpc) is 2.54. The van der Waals surface area contributed by atoms with Crippen molar-refractivity contribution in [2.75, 3.05) is 4.90 Å². The molecule has 2 unspecified atom stereocenters. The lowest BCUT2D eigenvalue weighted by molar-refractivity contribution is -0.139. The highest BCUT2D eigenvalue weighted by Gasteiger charge is 2.45. The number of amides is 1. The first kappa shape index (κ1) is 11.7. The van der Waals surface area contributed by atoms with Crippen molar-refractivity contribution < 1.29 is 19.4 Å². The minimum absolute atomic E-state index is 0.310. The average molecular weight is 256 g/mol. The minimum atomic E-state index is -1.12. The van der Waals surface area contributed by atoms with Crippen molar-refractivity contribution in [1.29, 1.82) is 0 Å². The van der Waals surface area contributed by atoms with Gasteiger partial charge in [0, 0.05) is 0 Å². The maximum atomic E-state index is 11.6. The lowest BCUT2D eigenvalue weighted by atomic mass is 10.1. The number of nitrogens with zero attached hydrogens (tertiary/aromatic N) is 1. The van der Waals surface area contributed by atoms with E-state index in [0.29, 0.717) is 10.7 Å². The predicted octanol–water partition coefficient (Wildman–Crippen LogP) is 2.14. The van der Waals surface area contributed by atoms with Crippen molar-refractivity contribution in [1.82, 2.24) is 0 Å². The molecule has 0 saturated carbocycles. The van der Waals surface area contributed by atoms with Crippen LogP contribution in [-0.4, -0.2) is 29.3 Å². The van der Waals surface area contributed by atoms with Crippen LogP contribution in [0.25, 0.3) is 0 Å². The molecule has 1 aliphatic rings. The number of rotatable bonds is 2. The number of hydrogen-bond donors (Lipinski definition) is 1. The molecule has 2 atom stereocenters. The van der Waals surface area contributed by atoms with Crippen LogP contribution in [0.15, 0.2) is 24.3 Å². The lowest BCUT2D eigenvalue weighted by Crippen LogP contribution is -2.42. The summed E-state index contributed by atoms with van der Waals surface area (Å²) in [6, 6.07) is 5.49. The Kier molecular flexibility index (Phi) is 2.93. The van der Waals surface area contributed by atoms with E-state index >= 15 is 0 Å². The Morgan fingerprint density at radius 1 is 1.47 bits per heavy atom. The molecular weight excluding hydrogens is 246 g/mol. The van der Waals surface area contributed by atoms with E-state index in [0.717, 1.165) is 4.90 Å². The first-order valence-electron chi connectivity index (χ1n) is 4.99. The standard InChI is InChI=1S/C11H10ClNO4/c1-6-9(10(14)15)13(11(16)17-6)8-5-3-2-4-7(8)12/h2-6,9H,1H3,(H,14,15). The van der Waals surface area contributed by atoms with Crippen LogP contribution in [0, 0.1) is 0 Å². The number of anilines is 1. The van der Waals surface area contributed by atoms with Crippen LogP contribution in [0.1, 0.15) is 6.92 Å². The minimum Gasteiger partial charge on any atom is -0.480 e. The highest BCUT2D eigenvalue weighted by atomic mass is 35.5. The summed E-state index contributed by atoms with van der Waals surface area (Å²) >= 11 is 5.94. The molecule has 0 radical (unpaired) electrons. The third kappa shape index (κ3) is 1.93. The van der Waals surface area contributed by atoms with Crippen LogP contribution in [-0.2, 0) is 9.53 Å². The predicted molar refractivity (Wildman–Crippen MR) is 61.3 cm³/mol.